The minimum atomic E-state index is -0.158. The van der Waals surface area contributed by atoms with Crippen LogP contribution < -0.4 is 4.74 Å². The number of β-amino-alcohol motifs (C(OH)–C–C–N with tert-alkyl or cyclic N) is 1. The number of likely N-dealkylation sites (tertiary alicyclic amines) is 1. The van der Waals surface area contributed by atoms with Crippen molar-refractivity contribution < 1.29 is 19.4 Å². The predicted octanol–water partition coefficient (Wildman–Crippen LogP) is 1.89. The Bertz CT molecular complexity index is 746. The van der Waals surface area contributed by atoms with Gasteiger partial charge in [-0.1, -0.05) is 12.1 Å². The number of aliphatic hydroxyl groups is 1. The Labute approximate surface area is 165 Å². The summed E-state index contributed by atoms with van der Waals surface area (Å²) in [4.78, 5) is 16.8. The molecule has 4 aliphatic rings. The Morgan fingerprint density at radius 3 is 2.54 bits per heavy atom. The van der Waals surface area contributed by atoms with Gasteiger partial charge >= 0.3 is 0 Å². The molecule has 2 aliphatic heterocycles. The molecule has 6 nitrogen and oxygen atoms in total. The molecule has 2 heterocycles. The molecule has 5 rings (SSSR count). The van der Waals surface area contributed by atoms with Gasteiger partial charge in [-0.15, -0.1) is 0 Å². The van der Waals surface area contributed by atoms with Gasteiger partial charge in [0.25, 0.3) is 5.91 Å². The number of nitrogens with zero attached hydrogens (tertiary/aromatic N) is 2. The highest BCUT2D eigenvalue weighted by Crippen LogP contribution is 2.40. The third-order valence-electron chi connectivity index (χ3n) is 6.31. The van der Waals surface area contributed by atoms with E-state index in [1.807, 2.05) is 23.1 Å². The van der Waals surface area contributed by atoms with E-state index in [1.54, 1.807) is 0 Å². The van der Waals surface area contributed by atoms with Crippen molar-refractivity contribution in [2.24, 2.45) is 0 Å². The monoisotopic (exact) mass is 384 g/mol. The van der Waals surface area contributed by atoms with Gasteiger partial charge in [-0.05, 0) is 55.4 Å². The van der Waals surface area contributed by atoms with E-state index in [0.717, 1.165) is 44.1 Å². The van der Waals surface area contributed by atoms with Crippen LogP contribution in [0.25, 0.3) is 0 Å². The summed E-state index contributed by atoms with van der Waals surface area (Å²) in [6, 6.07) is 8.40. The third-order valence-corrected chi connectivity index (χ3v) is 6.31. The molecule has 3 fully saturated rings. The third kappa shape index (κ3) is 3.81. The maximum absolute atomic E-state index is 12.7. The van der Waals surface area contributed by atoms with Gasteiger partial charge in [0.2, 0.25) is 0 Å². The number of hydrogen-bond acceptors (Lipinski definition) is 5. The van der Waals surface area contributed by atoms with Crippen LogP contribution in [0.4, 0.5) is 0 Å². The number of carbonyl (C=O) groups is 1. The zero-order valence-electron chi connectivity index (χ0n) is 16.1. The molecule has 1 aromatic carbocycles. The minimum absolute atomic E-state index is 0.00992. The lowest BCUT2D eigenvalue weighted by Gasteiger charge is -2.41. The summed E-state index contributed by atoms with van der Waals surface area (Å²) < 4.78 is 11.7. The van der Waals surface area contributed by atoms with Gasteiger partial charge in [0, 0.05) is 32.2 Å². The van der Waals surface area contributed by atoms with E-state index in [-0.39, 0.29) is 24.2 Å². The molecule has 1 saturated heterocycles. The van der Waals surface area contributed by atoms with Crippen LogP contribution in [0.1, 0.15) is 37.2 Å². The number of rotatable bonds is 8. The molecule has 0 unspecified atom stereocenters. The molecular formula is C22H28N2O4. The average molecular weight is 384 g/mol. The SMILES string of the molecule is O=C1C(Oc2ccc(C3CC3)cc2)=CCN1[C@H]1C[C@@H](OCCN2CC(O)C2)C1. The summed E-state index contributed by atoms with van der Waals surface area (Å²) in [5.74, 6) is 1.89. The van der Waals surface area contributed by atoms with E-state index in [0.29, 0.717) is 18.9 Å². The summed E-state index contributed by atoms with van der Waals surface area (Å²) in [5.41, 5.74) is 1.37. The summed E-state index contributed by atoms with van der Waals surface area (Å²) in [6.07, 6.45) is 6.33. The fourth-order valence-electron chi connectivity index (χ4n) is 4.25. The highest BCUT2D eigenvalue weighted by Gasteiger charge is 2.40. The molecule has 0 spiro atoms. The summed E-state index contributed by atoms with van der Waals surface area (Å²) in [7, 11) is 0. The molecule has 28 heavy (non-hydrogen) atoms. The molecule has 0 radical (unpaired) electrons. The highest BCUT2D eigenvalue weighted by molar-refractivity contribution is 5.94. The Morgan fingerprint density at radius 2 is 1.86 bits per heavy atom. The van der Waals surface area contributed by atoms with Crippen LogP contribution in [0.2, 0.25) is 0 Å². The molecule has 2 aliphatic carbocycles. The van der Waals surface area contributed by atoms with Crippen molar-refractivity contribution in [3.63, 3.8) is 0 Å². The van der Waals surface area contributed by atoms with Gasteiger partial charge in [0.15, 0.2) is 5.76 Å². The number of benzene rings is 1. The predicted molar refractivity (Wildman–Crippen MR) is 104 cm³/mol. The Hall–Kier alpha value is -1.89. The lowest BCUT2D eigenvalue weighted by atomic mass is 9.88. The van der Waals surface area contributed by atoms with Gasteiger partial charge in [-0.3, -0.25) is 9.69 Å². The number of aliphatic hydroxyl groups excluding tert-OH is 1. The van der Waals surface area contributed by atoms with E-state index in [1.165, 1.54) is 18.4 Å². The van der Waals surface area contributed by atoms with Crippen molar-refractivity contribution in [3.8, 4) is 5.75 Å². The van der Waals surface area contributed by atoms with Crippen LogP contribution >= 0.6 is 0 Å². The van der Waals surface area contributed by atoms with Crippen molar-refractivity contribution in [3.05, 3.63) is 41.7 Å². The van der Waals surface area contributed by atoms with Crippen molar-refractivity contribution in [1.82, 2.24) is 9.80 Å². The van der Waals surface area contributed by atoms with E-state index in [9.17, 15) is 9.90 Å². The summed E-state index contributed by atoms with van der Waals surface area (Å²) in [5, 5.41) is 9.28. The van der Waals surface area contributed by atoms with E-state index < -0.39 is 0 Å². The average Bonchev–Trinajstić information content (AvgIpc) is 3.42. The molecule has 6 heteroatoms. The number of hydrogen-bond donors (Lipinski definition) is 1. The fourth-order valence-corrected chi connectivity index (χ4v) is 4.25. The molecular weight excluding hydrogens is 356 g/mol. The number of amides is 1. The van der Waals surface area contributed by atoms with Gasteiger partial charge in [0.1, 0.15) is 5.75 Å². The number of ether oxygens (including phenoxy) is 2. The zero-order valence-corrected chi connectivity index (χ0v) is 16.1. The van der Waals surface area contributed by atoms with E-state index >= 15 is 0 Å². The molecule has 2 saturated carbocycles. The van der Waals surface area contributed by atoms with Gasteiger partial charge < -0.3 is 19.5 Å². The zero-order chi connectivity index (χ0) is 19.1. The molecule has 0 atom stereocenters. The van der Waals surface area contributed by atoms with Crippen LogP contribution in [0, 0.1) is 0 Å². The smallest absolute Gasteiger partial charge is 0.289 e. The van der Waals surface area contributed by atoms with Crippen LogP contribution in [-0.4, -0.2) is 71.8 Å². The molecule has 1 N–H and O–H groups in total. The van der Waals surface area contributed by atoms with Gasteiger partial charge in [0.05, 0.1) is 18.8 Å². The second-order valence-corrected chi connectivity index (χ2v) is 8.50. The van der Waals surface area contributed by atoms with Gasteiger partial charge in [-0.2, -0.15) is 0 Å². The quantitative estimate of drug-likeness (QED) is 0.742. The van der Waals surface area contributed by atoms with Crippen molar-refractivity contribution in [2.45, 2.75) is 49.9 Å². The first kappa shape index (κ1) is 18.2. The maximum Gasteiger partial charge on any atom is 0.289 e. The Kier molecular flexibility index (Phi) is 4.87. The normalized spacial score (nSPS) is 28.1. The summed E-state index contributed by atoms with van der Waals surface area (Å²) in [6.45, 7) is 3.71. The molecule has 0 aromatic heterocycles. The number of carbonyl (C=O) groups excluding carboxylic acids is 1. The largest absolute Gasteiger partial charge is 0.452 e. The standard InChI is InChI=1S/C22H28N2O4/c25-18-13-23(14-18)9-10-27-20-11-17(12-20)24-8-7-21(22(24)26)28-19-5-3-16(4-6-19)15-1-2-15/h3-7,15,17-18,20,25H,1-2,8-14H2/t17-,20+. The molecule has 1 aromatic rings. The van der Waals surface area contributed by atoms with Crippen LogP contribution in [0.3, 0.4) is 0 Å². The van der Waals surface area contributed by atoms with Crippen molar-refractivity contribution >= 4 is 5.91 Å². The molecule has 0 bridgehead atoms. The second kappa shape index (κ2) is 7.50. The fraction of sp³-hybridized carbons (Fsp3) is 0.591. The second-order valence-electron chi connectivity index (χ2n) is 8.50. The van der Waals surface area contributed by atoms with E-state index in [2.05, 4.69) is 17.0 Å². The van der Waals surface area contributed by atoms with Crippen LogP contribution in [-0.2, 0) is 9.53 Å². The Balaban J connectivity index is 1.04. The first-order valence-electron chi connectivity index (χ1n) is 10.5. The first-order chi connectivity index (χ1) is 13.7. The molecule has 1 amide bonds. The minimum Gasteiger partial charge on any atom is -0.452 e. The lowest BCUT2D eigenvalue weighted by molar-refractivity contribution is -0.135. The highest BCUT2D eigenvalue weighted by atomic mass is 16.5. The Morgan fingerprint density at radius 1 is 1.11 bits per heavy atom. The first-order valence-corrected chi connectivity index (χ1v) is 10.5. The van der Waals surface area contributed by atoms with E-state index in [4.69, 9.17) is 9.47 Å². The van der Waals surface area contributed by atoms with Crippen LogP contribution in [0.5, 0.6) is 5.75 Å². The van der Waals surface area contributed by atoms with Crippen molar-refractivity contribution in [2.75, 3.05) is 32.8 Å². The topological polar surface area (TPSA) is 62.2 Å². The maximum atomic E-state index is 12.7. The van der Waals surface area contributed by atoms with Gasteiger partial charge in [-0.25, -0.2) is 0 Å². The van der Waals surface area contributed by atoms with Crippen LogP contribution in [0.15, 0.2) is 36.1 Å². The molecule has 150 valence electrons. The lowest BCUT2D eigenvalue weighted by Crippen LogP contribution is -2.53. The van der Waals surface area contributed by atoms with Crippen molar-refractivity contribution in [1.29, 1.82) is 0 Å². The summed E-state index contributed by atoms with van der Waals surface area (Å²) >= 11 is 0.